The van der Waals surface area contributed by atoms with Crippen molar-refractivity contribution in [2.75, 3.05) is 19.6 Å². The van der Waals surface area contributed by atoms with E-state index in [4.69, 9.17) is 17.2 Å². The van der Waals surface area contributed by atoms with Gasteiger partial charge in [0, 0.05) is 38.4 Å². The number of carbonyl (C=O) groups is 5. The third kappa shape index (κ3) is 11.2. The second kappa shape index (κ2) is 19.6. The van der Waals surface area contributed by atoms with Gasteiger partial charge in [-0.3, -0.25) is 24.0 Å². The fourth-order valence-corrected chi connectivity index (χ4v) is 9.85. The number of nitrogens with two attached hydrogens (primary N) is 3. The Morgan fingerprint density at radius 3 is 1.74 bits per heavy atom. The molecule has 0 bridgehead atoms. The minimum atomic E-state index is -1.16. The number of fused-ring (bicyclic) bond motifs is 2. The van der Waals surface area contributed by atoms with Crippen LogP contribution in [0.4, 0.5) is 0 Å². The van der Waals surface area contributed by atoms with Gasteiger partial charge in [-0.1, -0.05) is 36.4 Å². The summed E-state index contributed by atoms with van der Waals surface area (Å²) in [6, 6.07) is 17.3. The molecular formula is C41H50N8O5S3. The zero-order chi connectivity index (χ0) is 40.4. The van der Waals surface area contributed by atoms with Gasteiger partial charge in [-0.15, -0.1) is 22.7 Å². The quantitative estimate of drug-likeness (QED) is 0.0577. The molecule has 2 aromatic carbocycles. The Morgan fingerprint density at radius 2 is 1.23 bits per heavy atom. The van der Waals surface area contributed by atoms with Crippen LogP contribution >= 0.6 is 34.0 Å². The SMILES string of the molecule is NCCCC[C@H](NC(=O)[C@H](Cc1ccsc1)NC(=O)[C@@H](Cc1cc2ccccc2s1)NC(=O)[C@@H](Cc1cc2ccccc2s1)NC(=O)C1(N)CCNCC1)C(N)=O. The lowest BCUT2D eigenvalue weighted by Gasteiger charge is -2.34. The van der Waals surface area contributed by atoms with Gasteiger partial charge in [0.1, 0.15) is 24.2 Å². The second-order valence-electron chi connectivity index (χ2n) is 14.5. The summed E-state index contributed by atoms with van der Waals surface area (Å²) in [6.45, 7) is 1.58. The molecule has 1 aliphatic heterocycles. The fourth-order valence-electron chi connectivity index (χ4n) is 6.95. The molecule has 3 aromatic heterocycles. The Balaban J connectivity index is 1.28. The van der Waals surface area contributed by atoms with Crippen LogP contribution in [0.25, 0.3) is 20.2 Å². The zero-order valence-corrected chi connectivity index (χ0v) is 34.0. The average molecular weight is 831 g/mol. The van der Waals surface area contributed by atoms with E-state index in [1.165, 1.54) is 34.0 Å². The molecule has 1 saturated heterocycles. The first-order chi connectivity index (χ1) is 27.5. The van der Waals surface area contributed by atoms with Gasteiger partial charge in [0.05, 0.1) is 5.54 Å². The van der Waals surface area contributed by atoms with E-state index < -0.39 is 59.2 Å². The highest BCUT2D eigenvalue weighted by molar-refractivity contribution is 7.19. The van der Waals surface area contributed by atoms with Crippen molar-refractivity contribution in [2.45, 2.75) is 81.1 Å². The van der Waals surface area contributed by atoms with Crippen molar-refractivity contribution >= 4 is 83.7 Å². The number of nitrogens with one attached hydrogen (secondary N) is 5. The molecule has 1 aliphatic rings. The first-order valence-corrected chi connectivity index (χ1v) is 21.8. The summed E-state index contributed by atoms with van der Waals surface area (Å²) < 4.78 is 2.06. The summed E-state index contributed by atoms with van der Waals surface area (Å²) in [4.78, 5) is 70.7. The molecule has 4 atom stereocenters. The predicted octanol–water partition coefficient (Wildman–Crippen LogP) is 2.84. The highest BCUT2D eigenvalue weighted by Gasteiger charge is 2.38. The van der Waals surface area contributed by atoms with Crippen LogP contribution in [0.1, 0.15) is 47.4 Å². The summed E-state index contributed by atoms with van der Waals surface area (Å²) in [5.74, 6) is -2.86. The Hall–Kier alpha value is -4.71. The van der Waals surface area contributed by atoms with E-state index in [2.05, 4.69) is 26.6 Å². The second-order valence-corrected chi connectivity index (χ2v) is 17.7. The number of rotatable bonds is 19. The van der Waals surface area contributed by atoms with E-state index in [1.54, 1.807) is 0 Å². The molecule has 57 heavy (non-hydrogen) atoms. The van der Waals surface area contributed by atoms with Gasteiger partial charge in [0.2, 0.25) is 29.5 Å². The van der Waals surface area contributed by atoms with Crippen molar-refractivity contribution in [3.05, 3.63) is 92.8 Å². The van der Waals surface area contributed by atoms with Gasteiger partial charge < -0.3 is 43.8 Å². The van der Waals surface area contributed by atoms with Crippen LogP contribution in [-0.4, -0.2) is 78.9 Å². The standard InChI is InChI=1S/C41H50N8O5S3/c42-15-6-5-9-30(36(43)50)46-37(51)31(19-25-12-18-55-24-25)47-38(52)32(22-28-20-26-7-1-3-10-34(26)56-28)48-39(53)33(49-40(54)41(44)13-16-45-17-14-41)23-29-21-27-8-2-4-11-35(27)57-29/h1-4,7-8,10-12,18,20-21,24,30-33,45H,5-6,9,13-17,19,22-23,42,44H2,(H2,43,50)(H,46,51)(H,47,52)(H,48,53)(H,49,54)/t30-,31-,32+,33+/m0/s1. The van der Waals surface area contributed by atoms with Crippen molar-refractivity contribution in [3.63, 3.8) is 0 Å². The van der Waals surface area contributed by atoms with Crippen molar-refractivity contribution < 1.29 is 24.0 Å². The third-order valence-corrected chi connectivity index (χ3v) is 13.2. The number of carbonyl (C=O) groups excluding carboxylic acids is 5. The molecule has 11 N–H and O–H groups in total. The molecule has 0 unspecified atom stereocenters. The van der Waals surface area contributed by atoms with Crippen LogP contribution in [0.15, 0.2) is 77.5 Å². The van der Waals surface area contributed by atoms with Crippen LogP contribution in [0, 0.1) is 0 Å². The van der Waals surface area contributed by atoms with Gasteiger partial charge in [-0.2, -0.15) is 11.3 Å². The molecule has 13 nitrogen and oxygen atoms in total. The fraction of sp³-hybridized carbons (Fsp3) is 0.390. The van der Waals surface area contributed by atoms with E-state index in [0.29, 0.717) is 51.7 Å². The molecule has 5 aromatic rings. The Labute approximate surface area is 343 Å². The van der Waals surface area contributed by atoms with Gasteiger partial charge >= 0.3 is 0 Å². The molecule has 1 fully saturated rings. The minimum absolute atomic E-state index is 0.114. The summed E-state index contributed by atoms with van der Waals surface area (Å²) in [5, 5.41) is 20.5. The number of primary amides is 1. The molecule has 0 aliphatic carbocycles. The smallest absolute Gasteiger partial charge is 0.243 e. The molecule has 0 radical (unpaired) electrons. The summed E-state index contributed by atoms with van der Waals surface area (Å²) >= 11 is 4.48. The Morgan fingerprint density at radius 1 is 0.702 bits per heavy atom. The molecule has 0 spiro atoms. The number of benzene rings is 2. The van der Waals surface area contributed by atoms with E-state index >= 15 is 0 Å². The normalized spacial score (nSPS) is 16.0. The van der Waals surface area contributed by atoms with Crippen molar-refractivity contribution in [1.82, 2.24) is 26.6 Å². The highest BCUT2D eigenvalue weighted by atomic mass is 32.1. The van der Waals surface area contributed by atoms with Crippen LogP contribution in [-0.2, 0) is 43.2 Å². The average Bonchev–Trinajstić information content (AvgIpc) is 3.96. The maximum atomic E-state index is 14.5. The van der Waals surface area contributed by atoms with Crippen molar-refractivity contribution in [3.8, 4) is 0 Å². The van der Waals surface area contributed by atoms with E-state index in [-0.39, 0.29) is 19.3 Å². The number of hydrogen-bond acceptors (Lipinski definition) is 11. The maximum Gasteiger partial charge on any atom is 0.243 e. The minimum Gasteiger partial charge on any atom is -0.368 e. The van der Waals surface area contributed by atoms with Gasteiger partial charge in [0.25, 0.3) is 0 Å². The third-order valence-electron chi connectivity index (χ3n) is 10.2. The summed E-state index contributed by atoms with van der Waals surface area (Å²) in [5.41, 5.74) is 17.6. The van der Waals surface area contributed by atoms with E-state index in [0.717, 1.165) is 35.5 Å². The van der Waals surface area contributed by atoms with E-state index in [9.17, 15) is 24.0 Å². The lowest BCUT2D eigenvalue weighted by atomic mass is 9.88. The largest absolute Gasteiger partial charge is 0.368 e. The highest BCUT2D eigenvalue weighted by Crippen LogP contribution is 2.28. The van der Waals surface area contributed by atoms with Gasteiger partial charge in [-0.25, -0.2) is 0 Å². The number of hydrogen-bond donors (Lipinski definition) is 8. The first kappa shape index (κ1) is 41.9. The van der Waals surface area contributed by atoms with Crippen molar-refractivity contribution in [1.29, 1.82) is 0 Å². The van der Waals surface area contributed by atoms with E-state index in [1.807, 2.05) is 77.5 Å². The Kier molecular flexibility index (Phi) is 14.4. The molecule has 6 rings (SSSR count). The lowest BCUT2D eigenvalue weighted by Crippen LogP contribution is -2.63. The zero-order valence-electron chi connectivity index (χ0n) is 31.6. The monoisotopic (exact) mass is 830 g/mol. The van der Waals surface area contributed by atoms with Crippen LogP contribution in [0.5, 0.6) is 0 Å². The van der Waals surface area contributed by atoms with Crippen molar-refractivity contribution in [2.24, 2.45) is 17.2 Å². The summed E-state index contributed by atoms with van der Waals surface area (Å²) in [7, 11) is 0. The van der Waals surface area contributed by atoms with Gasteiger partial charge in [0.15, 0.2) is 0 Å². The predicted molar refractivity (Wildman–Crippen MR) is 228 cm³/mol. The van der Waals surface area contributed by atoms with Crippen LogP contribution < -0.4 is 43.8 Å². The molecule has 16 heteroatoms. The maximum absolute atomic E-state index is 14.5. The number of thiophene rings is 3. The topological polar surface area (TPSA) is 224 Å². The summed E-state index contributed by atoms with van der Waals surface area (Å²) in [6.07, 6.45) is 2.77. The number of piperidine rings is 1. The molecule has 4 heterocycles. The molecule has 5 amide bonds. The van der Waals surface area contributed by atoms with Gasteiger partial charge in [-0.05, 0) is 109 Å². The van der Waals surface area contributed by atoms with Crippen LogP contribution in [0.3, 0.4) is 0 Å². The molecule has 0 saturated carbocycles. The lowest BCUT2D eigenvalue weighted by molar-refractivity contribution is -0.135. The first-order valence-electron chi connectivity index (χ1n) is 19.2. The van der Waals surface area contributed by atoms with Crippen LogP contribution in [0.2, 0.25) is 0 Å². The molecular weight excluding hydrogens is 781 g/mol. The Bertz CT molecular complexity index is 2100. The number of unbranched alkanes of at least 4 members (excludes halogenated alkanes) is 1. The number of amides is 5. The molecule has 302 valence electrons.